The summed E-state index contributed by atoms with van der Waals surface area (Å²) in [5, 5.41) is 16.4. The van der Waals surface area contributed by atoms with E-state index in [1.807, 2.05) is 19.0 Å². The van der Waals surface area contributed by atoms with Gasteiger partial charge in [0.05, 0.1) is 16.2 Å². The zero-order valence-corrected chi connectivity index (χ0v) is 19.8. The average Bonchev–Trinajstić information content (AvgIpc) is 3.37. The molecule has 8 nitrogen and oxygen atoms in total. The van der Waals surface area contributed by atoms with E-state index >= 15 is 0 Å². The van der Waals surface area contributed by atoms with Crippen molar-refractivity contribution in [1.29, 1.82) is 0 Å². The summed E-state index contributed by atoms with van der Waals surface area (Å²) in [6.07, 6.45) is 6.99. The second kappa shape index (κ2) is 12.3. The first-order chi connectivity index (χ1) is 16.3. The number of nitrogens with one attached hydrogen (secondary N) is 2. The minimum atomic E-state index is -0.526. The Hall–Kier alpha value is -3.27. The molecule has 1 saturated heterocycles. The number of phenolic OH excluding ortho intramolecular Hbond substituents is 1. The number of ether oxygens (including phenoxy) is 1. The van der Waals surface area contributed by atoms with Gasteiger partial charge in [0.25, 0.3) is 0 Å². The maximum Gasteiger partial charge on any atom is 0.248 e. The van der Waals surface area contributed by atoms with E-state index in [0.717, 1.165) is 13.2 Å². The first-order valence-electron chi connectivity index (χ1n) is 10.7. The highest BCUT2D eigenvalue weighted by atomic mass is 35.5. The number of fused-ring (bicyclic) bond motifs is 1. The molecule has 3 aromatic rings. The molecule has 1 amide bonds. The van der Waals surface area contributed by atoms with E-state index in [2.05, 4.69) is 20.6 Å². The molecule has 0 unspecified atom stereocenters. The number of likely N-dealkylation sites (N-methyl/N-ethyl adjacent to an activating group) is 1. The minimum Gasteiger partial charge on any atom is -0.506 e. The number of carbonyl (C=O) groups is 1. The van der Waals surface area contributed by atoms with Crippen LogP contribution in [0, 0.1) is 5.82 Å². The van der Waals surface area contributed by atoms with Crippen molar-refractivity contribution in [3.8, 4) is 5.75 Å². The summed E-state index contributed by atoms with van der Waals surface area (Å²) in [5.41, 5.74) is 1.21. The van der Waals surface area contributed by atoms with Crippen molar-refractivity contribution in [2.24, 2.45) is 0 Å². The fourth-order valence-electron chi connectivity index (χ4n) is 3.06. The molecular weight excluding hydrogens is 461 g/mol. The van der Waals surface area contributed by atoms with Crippen LogP contribution in [0.5, 0.6) is 5.75 Å². The number of rotatable bonds is 6. The van der Waals surface area contributed by atoms with Gasteiger partial charge in [-0.25, -0.2) is 14.4 Å². The lowest BCUT2D eigenvalue weighted by Gasteiger charge is -2.12. The third-order valence-electron chi connectivity index (χ3n) is 4.76. The molecule has 10 heteroatoms. The van der Waals surface area contributed by atoms with Crippen molar-refractivity contribution in [3.63, 3.8) is 0 Å². The maximum absolute atomic E-state index is 13.4. The number of amides is 1. The number of anilines is 3. The van der Waals surface area contributed by atoms with Crippen LogP contribution in [0.2, 0.25) is 5.02 Å². The van der Waals surface area contributed by atoms with Crippen molar-refractivity contribution in [2.75, 3.05) is 44.5 Å². The number of carbonyl (C=O) groups excluding carboxylic acids is 1. The SMILES string of the molecule is C1CCOC1.CN(C)C/C=C/C(=O)Nc1cc2c(Nc3ccc(F)c(Cl)c3)ncnc2cc1O. The van der Waals surface area contributed by atoms with E-state index < -0.39 is 5.82 Å². The number of aromatic nitrogens is 2. The fraction of sp³-hybridized carbons (Fsp3) is 0.292. The molecule has 180 valence electrons. The van der Waals surface area contributed by atoms with Crippen LogP contribution in [-0.4, -0.2) is 59.7 Å². The Balaban J connectivity index is 0.000000574. The second-order valence-electron chi connectivity index (χ2n) is 7.84. The molecule has 1 aromatic heterocycles. The lowest BCUT2D eigenvalue weighted by Crippen LogP contribution is -2.13. The molecule has 34 heavy (non-hydrogen) atoms. The van der Waals surface area contributed by atoms with E-state index in [1.165, 1.54) is 49.5 Å². The van der Waals surface area contributed by atoms with Crippen LogP contribution in [0.4, 0.5) is 21.6 Å². The van der Waals surface area contributed by atoms with Gasteiger partial charge in [-0.15, -0.1) is 0 Å². The van der Waals surface area contributed by atoms with Gasteiger partial charge in [0.2, 0.25) is 5.91 Å². The Morgan fingerprint density at radius 3 is 2.65 bits per heavy atom. The average molecular weight is 488 g/mol. The number of halogens is 2. The van der Waals surface area contributed by atoms with E-state index in [1.54, 1.807) is 12.1 Å². The van der Waals surface area contributed by atoms with Crippen LogP contribution < -0.4 is 10.6 Å². The molecule has 0 saturated carbocycles. The summed E-state index contributed by atoms with van der Waals surface area (Å²) in [6, 6.07) is 7.19. The summed E-state index contributed by atoms with van der Waals surface area (Å²) in [7, 11) is 3.78. The predicted octanol–water partition coefficient (Wildman–Crippen LogP) is 4.72. The Morgan fingerprint density at radius 2 is 2.00 bits per heavy atom. The zero-order chi connectivity index (χ0) is 24.5. The molecule has 4 rings (SSSR count). The van der Waals surface area contributed by atoms with Crippen molar-refractivity contribution in [3.05, 3.63) is 59.7 Å². The predicted molar refractivity (Wildman–Crippen MR) is 132 cm³/mol. The van der Waals surface area contributed by atoms with Gasteiger partial charge in [-0.2, -0.15) is 0 Å². The van der Waals surface area contributed by atoms with Gasteiger partial charge >= 0.3 is 0 Å². The quantitative estimate of drug-likeness (QED) is 0.341. The van der Waals surface area contributed by atoms with Crippen LogP contribution in [-0.2, 0) is 9.53 Å². The molecule has 0 spiro atoms. The Kier molecular flexibility index (Phi) is 9.15. The topological polar surface area (TPSA) is 99.6 Å². The van der Waals surface area contributed by atoms with Gasteiger partial charge in [0, 0.05) is 43.0 Å². The first kappa shape index (κ1) is 25.4. The third kappa shape index (κ3) is 7.38. The molecule has 1 aliphatic rings. The molecule has 0 bridgehead atoms. The molecule has 1 aliphatic heterocycles. The van der Waals surface area contributed by atoms with Gasteiger partial charge in [0.1, 0.15) is 23.7 Å². The largest absolute Gasteiger partial charge is 0.506 e. The third-order valence-corrected chi connectivity index (χ3v) is 5.05. The normalized spacial score (nSPS) is 13.2. The highest BCUT2D eigenvalue weighted by Gasteiger charge is 2.12. The maximum atomic E-state index is 13.4. The number of aromatic hydroxyl groups is 1. The Labute approximate surface area is 202 Å². The van der Waals surface area contributed by atoms with E-state index in [0.29, 0.717) is 29.0 Å². The summed E-state index contributed by atoms with van der Waals surface area (Å²) >= 11 is 5.82. The van der Waals surface area contributed by atoms with Gasteiger partial charge in [-0.3, -0.25) is 4.79 Å². The number of hydrogen-bond acceptors (Lipinski definition) is 7. The van der Waals surface area contributed by atoms with Crippen molar-refractivity contribution < 1.29 is 19.0 Å². The molecule has 0 radical (unpaired) electrons. The zero-order valence-electron chi connectivity index (χ0n) is 19.0. The van der Waals surface area contributed by atoms with E-state index in [4.69, 9.17) is 16.3 Å². The Bertz CT molecular complexity index is 1160. The van der Waals surface area contributed by atoms with Crippen molar-refractivity contribution in [2.45, 2.75) is 12.8 Å². The van der Waals surface area contributed by atoms with Gasteiger partial charge in [0.15, 0.2) is 0 Å². The molecular formula is C24H27ClFN5O3. The highest BCUT2D eigenvalue weighted by Crippen LogP contribution is 2.32. The standard InChI is InChI=1S/C20H19ClFN5O2.C4H8O/c1-27(2)7-3-4-19(29)26-17-9-13-16(10-18(17)28)23-11-24-20(13)25-12-5-6-15(22)14(21)8-12;1-2-4-5-3-1/h3-6,8-11,28H,7H2,1-2H3,(H,26,29)(H,23,24,25);1-4H2/b4-3+;. The minimum absolute atomic E-state index is 0.0246. The van der Waals surface area contributed by atoms with Crippen LogP contribution in [0.15, 0.2) is 48.8 Å². The van der Waals surface area contributed by atoms with Crippen LogP contribution >= 0.6 is 11.6 Å². The summed E-state index contributed by atoms with van der Waals surface area (Å²) in [5.74, 6) is -0.613. The summed E-state index contributed by atoms with van der Waals surface area (Å²) < 4.78 is 18.3. The highest BCUT2D eigenvalue weighted by molar-refractivity contribution is 6.31. The molecule has 3 N–H and O–H groups in total. The lowest BCUT2D eigenvalue weighted by molar-refractivity contribution is -0.111. The molecule has 0 atom stereocenters. The summed E-state index contributed by atoms with van der Waals surface area (Å²) in [6.45, 7) is 2.61. The molecule has 2 heterocycles. The van der Waals surface area contributed by atoms with Crippen LogP contribution in [0.1, 0.15) is 12.8 Å². The molecule has 0 aliphatic carbocycles. The summed E-state index contributed by atoms with van der Waals surface area (Å²) in [4.78, 5) is 22.4. The fourth-order valence-corrected chi connectivity index (χ4v) is 3.24. The van der Waals surface area contributed by atoms with Crippen LogP contribution in [0.25, 0.3) is 10.9 Å². The monoisotopic (exact) mass is 487 g/mol. The van der Waals surface area contributed by atoms with Crippen molar-refractivity contribution >= 4 is 45.6 Å². The number of nitrogens with zero attached hydrogens (tertiary/aromatic N) is 3. The van der Waals surface area contributed by atoms with Gasteiger partial charge in [-0.05, 0) is 51.2 Å². The van der Waals surface area contributed by atoms with Crippen molar-refractivity contribution in [1.82, 2.24) is 14.9 Å². The van der Waals surface area contributed by atoms with E-state index in [9.17, 15) is 14.3 Å². The molecule has 2 aromatic carbocycles. The van der Waals surface area contributed by atoms with Gasteiger partial charge in [-0.1, -0.05) is 17.7 Å². The second-order valence-corrected chi connectivity index (χ2v) is 8.24. The lowest BCUT2D eigenvalue weighted by atomic mass is 10.2. The van der Waals surface area contributed by atoms with Crippen LogP contribution in [0.3, 0.4) is 0 Å². The van der Waals surface area contributed by atoms with E-state index in [-0.39, 0.29) is 22.4 Å². The molecule has 1 fully saturated rings. The number of benzene rings is 2. The number of phenols is 1. The smallest absolute Gasteiger partial charge is 0.248 e. The van der Waals surface area contributed by atoms with Gasteiger partial charge < -0.3 is 25.4 Å². The number of hydrogen-bond donors (Lipinski definition) is 3. The Morgan fingerprint density at radius 1 is 1.24 bits per heavy atom. The first-order valence-corrected chi connectivity index (χ1v) is 11.1.